The zero-order valence-electron chi connectivity index (χ0n) is 10.9. The average Bonchev–Trinajstić information content (AvgIpc) is 2.48. The van der Waals surface area contributed by atoms with Crippen LogP contribution in [-0.4, -0.2) is 23.8 Å². The first-order valence-electron chi connectivity index (χ1n) is 6.09. The highest BCUT2D eigenvalue weighted by molar-refractivity contribution is 5.89. The summed E-state index contributed by atoms with van der Waals surface area (Å²) in [4.78, 5) is 26.2. The van der Waals surface area contributed by atoms with Crippen molar-refractivity contribution in [2.75, 3.05) is 6.61 Å². The van der Waals surface area contributed by atoms with E-state index >= 15 is 0 Å². The predicted octanol–water partition coefficient (Wildman–Crippen LogP) is 2.86. The van der Waals surface area contributed by atoms with Crippen molar-refractivity contribution in [3.8, 4) is 11.6 Å². The topological polar surface area (TPSA) is 65.5 Å². The third-order valence-corrected chi connectivity index (χ3v) is 2.48. The number of ether oxygens (including phenoxy) is 2. The maximum absolute atomic E-state index is 11.6. The van der Waals surface area contributed by atoms with Crippen molar-refractivity contribution in [1.82, 2.24) is 4.98 Å². The number of nitrogens with zero attached hydrogens (tertiary/aromatic N) is 1. The van der Waals surface area contributed by atoms with Crippen molar-refractivity contribution in [3.63, 3.8) is 0 Å². The van der Waals surface area contributed by atoms with E-state index in [1.165, 1.54) is 12.3 Å². The molecule has 5 nitrogen and oxygen atoms in total. The van der Waals surface area contributed by atoms with Gasteiger partial charge in [-0.15, -0.1) is 0 Å². The largest absolute Gasteiger partial charge is 0.462 e. The number of esters is 1. The number of carbonyl (C=O) groups is 2. The molecule has 1 heterocycles. The molecule has 2 rings (SSSR count). The number of hydrogen-bond donors (Lipinski definition) is 0. The molecule has 0 atom stereocenters. The summed E-state index contributed by atoms with van der Waals surface area (Å²) in [6, 6.07) is 9.64. The number of benzene rings is 1. The Morgan fingerprint density at radius 1 is 1.25 bits per heavy atom. The molecule has 0 aliphatic heterocycles. The predicted molar refractivity (Wildman–Crippen MR) is 72.1 cm³/mol. The summed E-state index contributed by atoms with van der Waals surface area (Å²) in [7, 11) is 0. The van der Waals surface area contributed by atoms with Gasteiger partial charge in [0.1, 0.15) is 12.0 Å². The summed E-state index contributed by atoms with van der Waals surface area (Å²) in [6.07, 6.45) is 2.23. The fourth-order valence-electron chi connectivity index (χ4n) is 1.54. The Hall–Kier alpha value is -2.69. The van der Waals surface area contributed by atoms with Crippen LogP contribution in [0.4, 0.5) is 0 Å². The van der Waals surface area contributed by atoms with E-state index in [1.54, 1.807) is 37.3 Å². The molecule has 0 bridgehead atoms. The van der Waals surface area contributed by atoms with Gasteiger partial charge in [0.15, 0.2) is 0 Å². The molecule has 0 unspecified atom stereocenters. The van der Waals surface area contributed by atoms with Crippen LogP contribution in [0, 0.1) is 0 Å². The molecule has 0 spiro atoms. The molecule has 5 heteroatoms. The first-order chi connectivity index (χ1) is 9.72. The Balaban J connectivity index is 2.14. The van der Waals surface area contributed by atoms with Gasteiger partial charge in [-0.1, -0.05) is 0 Å². The molecule has 0 radical (unpaired) electrons. The first-order valence-corrected chi connectivity index (χ1v) is 6.09. The lowest BCUT2D eigenvalue weighted by Gasteiger charge is -2.06. The molecule has 0 amide bonds. The molecule has 1 aromatic carbocycles. The monoisotopic (exact) mass is 271 g/mol. The zero-order valence-corrected chi connectivity index (χ0v) is 10.9. The van der Waals surface area contributed by atoms with Crippen LogP contribution in [0.1, 0.15) is 27.6 Å². The van der Waals surface area contributed by atoms with E-state index in [1.807, 2.05) is 0 Å². The molecule has 2 aromatic rings. The first kappa shape index (κ1) is 13.7. The average molecular weight is 271 g/mol. The highest BCUT2D eigenvalue weighted by Gasteiger charge is 2.08. The smallest absolute Gasteiger partial charge is 0.338 e. The highest BCUT2D eigenvalue weighted by atomic mass is 16.5. The summed E-state index contributed by atoms with van der Waals surface area (Å²) >= 11 is 0. The second-order valence-corrected chi connectivity index (χ2v) is 3.89. The van der Waals surface area contributed by atoms with Crippen LogP contribution in [0.5, 0.6) is 11.6 Å². The second-order valence-electron chi connectivity index (χ2n) is 3.89. The third kappa shape index (κ3) is 3.41. The minimum atomic E-state index is -0.420. The molecular formula is C15H13NO4. The van der Waals surface area contributed by atoms with Crippen molar-refractivity contribution in [1.29, 1.82) is 0 Å². The fourth-order valence-corrected chi connectivity index (χ4v) is 1.54. The summed E-state index contributed by atoms with van der Waals surface area (Å²) in [5, 5.41) is 0. The van der Waals surface area contributed by atoms with Crippen LogP contribution in [-0.2, 0) is 4.74 Å². The molecule has 0 aliphatic rings. The molecule has 0 saturated carbocycles. The maximum Gasteiger partial charge on any atom is 0.338 e. The van der Waals surface area contributed by atoms with Crippen LogP contribution in [0.25, 0.3) is 0 Å². The Morgan fingerprint density at radius 2 is 2.00 bits per heavy atom. The fraction of sp³-hybridized carbons (Fsp3) is 0.133. The number of pyridine rings is 1. The summed E-state index contributed by atoms with van der Waals surface area (Å²) in [5.74, 6) is 0.398. The SMILES string of the molecule is CCOC(=O)c1ccnc(Oc2ccc(C=O)cc2)c1. The minimum Gasteiger partial charge on any atom is -0.462 e. The van der Waals surface area contributed by atoms with Crippen molar-refractivity contribution < 1.29 is 19.1 Å². The number of aldehydes is 1. The number of rotatable bonds is 5. The zero-order chi connectivity index (χ0) is 14.4. The summed E-state index contributed by atoms with van der Waals surface area (Å²) in [6.45, 7) is 2.05. The van der Waals surface area contributed by atoms with E-state index in [0.717, 1.165) is 6.29 Å². The summed E-state index contributed by atoms with van der Waals surface area (Å²) in [5.41, 5.74) is 0.937. The van der Waals surface area contributed by atoms with Crippen LogP contribution in [0.15, 0.2) is 42.6 Å². The van der Waals surface area contributed by atoms with E-state index < -0.39 is 5.97 Å². The van der Waals surface area contributed by atoms with Crippen molar-refractivity contribution in [2.24, 2.45) is 0 Å². The van der Waals surface area contributed by atoms with Crippen molar-refractivity contribution >= 4 is 12.3 Å². The van der Waals surface area contributed by atoms with Gasteiger partial charge < -0.3 is 9.47 Å². The van der Waals surface area contributed by atoms with Gasteiger partial charge in [0.2, 0.25) is 5.88 Å². The highest BCUT2D eigenvalue weighted by Crippen LogP contribution is 2.20. The van der Waals surface area contributed by atoms with Crippen molar-refractivity contribution in [2.45, 2.75) is 6.92 Å². The lowest BCUT2D eigenvalue weighted by atomic mass is 10.2. The van der Waals surface area contributed by atoms with Crippen LogP contribution < -0.4 is 4.74 Å². The molecular weight excluding hydrogens is 258 g/mol. The quantitative estimate of drug-likeness (QED) is 0.618. The third-order valence-electron chi connectivity index (χ3n) is 2.48. The number of hydrogen-bond acceptors (Lipinski definition) is 5. The van der Waals surface area contributed by atoms with E-state index in [9.17, 15) is 9.59 Å². The van der Waals surface area contributed by atoms with Gasteiger partial charge in [-0.05, 0) is 37.3 Å². The number of carbonyl (C=O) groups excluding carboxylic acids is 2. The standard InChI is InChI=1S/C15H13NO4/c1-2-19-15(18)12-7-8-16-14(9-12)20-13-5-3-11(10-17)4-6-13/h3-10H,2H2,1H3. The molecule has 0 aliphatic carbocycles. The van der Waals surface area contributed by atoms with Crippen LogP contribution in [0.3, 0.4) is 0 Å². The Kier molecular flexibility index (Phi) is 4.44. The van der Waals surface area contributed by atoms with Gasteiger partial charge in [-0.25, -0.2) is 9.78 Å². The van der Waals surface area contributed by atoms with E-state index in [2.05, 4.69) is 4.98 Å². The lowest BCUT2D eigenvalue weighted by molar-refractivity contribution is 0.0525. The van der Waals surface area contributed by atoms with Gasteiger partial charge in [0.25, 0.3) is 0 Å². The van der Waals surface area contributed by atoms with Gasteiger partial charge in [0, 0.05) is 17.8 Å². The van der Waals surface area contributed by atoms with Gasteiger partial charge in [-0.3, -0.25) is 4.79 Å². The Bertz CT molecular complexity index is 608. The van der Waals surface area contributed by atoms with Gasteiger partial charge >= 0.3 is 5.97 Å². The molecule has 20 heavy (non-hydrogen) atoms. The van der Waals surface area contributed by atoms with Gasteiger partial charge in [0.05, 0.1) is 12.2 Å². The molecule has 0 fully saturated rings. The Morgan fingerprint density at radius 3 is 2.65 bits per heavy atom. The van der Waals surface area contributed by atoms with Crippen LogP contribution in [0.2, 0.25) is 0 Å². The summed E-state index contributed by atoms with van der Waals surface area (Å²) < 4.78 is 10.4. The molecule has 1 aromatic heterocycles. The van der Waals surface area contributed by atoms with E-state index in [4.69, 9.17) is 9.47 Å². The maximum atomic E-state index is 11.6. The second kappa shape index (κ2) is 6.47. The normalized spacial score (nSPS) is 9.85. The molecule has 0 N–H and O–H groups in total. The van der Waals surface area contributed by atoms with Crippen LogP contribution >= 0.6 is 0 Å². The lowest BCUT2D eigenvalue weighted by Crippen LogP contribution is -2.04. The Labute approximate surface area is 116 Å². The number of aromatic nitrogens is 1. The molecule has 102 valence electrons. The van der Waals surface area contributed by atoms with Crippen molar-refractivity contribution in [3.05, 3.63) is 53.7 Å². The van der Waals surface area contributed by atoms with E-state index in [0.29, 0.717) is 23.5 Å². The molecule has 0 saturated heterocycles. The van der Waals surface area contributed by atoms with Gasteiger partial charge in [-0.2, -0.15) is 0 Å². The van der Waals surface area contributed by atoms with E-state index in [-0.39, 0.29) is 5.88 Å². The minimum absolute atomic E-state index is 0.286.